The highest BCUT2D eigenvalue weighted by molar-refractivity contribution is 5.96. The monoisotopic (exact) mass is 253 g/mol. The van der Waals surface area contributed by atoms with Gasteiger partial charge in [-0.15, -0.1) is 0 Å². The Morgan fingerprint density at radius 2 is 1.94 bits per heavy atom. The number of amides is 2. The highest BCUT2D eigenvalue weighted by atomic mass is 16.4. The Bertz CT molecular complexity index is 522. The van der Waals surface area contributed by atoms with Crippen molar-refractivity contribution in [2.75, 3.05) is 13.1 Å². The number of nitrogens with one attached hydrogen (secondary N) is 3. The summed E-state index contributed by atoms with van der Waals surface area (Å²) in [4.78, 5) is 46.6. The molecule has 0 fully saturated rings. The van der Waals surface area contributed by atoms with E-state index in [0.29, 0.717) is 0 Å². The minimum absolute atomic E-state index is 0.122. The zero-order valence-electron chi connectivity index (χ0n) is 9.23. The Kier molecular flexibility index (Phi) is 4.61. The number of carbonyl (C=O) groups excluding carboxylic acids is 2. The van der Waals surface area contributed by atoms with Crippen LogP contribution in [0.1, 0.15) is 10.4 Å². The summed E-state index contributed by atoms with van der Waals surface area (Å²) < 4.78 is 0. The summed E-state index contributed by atoms with van der Waals surface area (Å²) in [6.07, 6.45) is 2.59. The molecule has 1 aromatic rings. The Labute approximate surface area is 101 Å². The molecule has 0 radical (unpaired) electrons. The Morgan fingerprint density at radius 3 is 2.56 bits per heavy atom. The summed E-state index contributed by atoms with van der Waals surface area (Å²) in [5.41, 5.74) is -0.597. The number of aromatic amines is 1. The van der Waals surface area contributed by atoms with Gasteiger partial charge in [-0.3, -0.25) is 19.2 Å². The van der Waals surface area contributed by atoms with E-state index >= 15 is 0 Å². The number of hydrogen-bond acceptors (Lipinski definition) is 4. The highest BCUT2D eigenvalue weighted by Crippen LogP contribution is 1.87. The largest absolute Gasteiger partial charge is 0.480 e. The van der Waals surface area contributed by atoms with E-state index in [2.05, 4.69) is 15.6 Å². The third kappa shape index (κ3) is 4.08. The van der Waals surface area contributed by atoms with Gasteiger partial charge in [-0.1, -0.05) is 0 Å². The molecule has 8 nitrogen and oxygen atoms in total. The molecule has 0 aromatic carbocycles. The molecule has 1 heterocycles. The highest BCUT2D eigenvalue weighted by Gasteiger charge is 2.11. The quantitative estimate of drug-likeness (QED) is 0.497. The van der Waals surface area contributed by atoms with Crippen LogP contribution in [0.5, 0.6) is 0 Å². The first-order valence-corrected chi connectivity index (χ1v) is 4.94. The van der Waals surface area contributed by atoms with Crippen LogP contribution in [-0.4, -0.2) is 41.0 Å². The number of aromatic nitrogens is 1. The normalized spacial score (nSPS) is 9.56. The van der Waals surface area contributed by atoms with E-state index in [1.165, 1.54) is 18.5 Å². The molecule has 0 unspecified atom stereocenters. The second kappa shape index (κ2) is 6.18. The van der Waals surface area contributed by atoms with Crippen molar-refractivity contribution in [2.45, 2.75) is 0 Å². The van der Waals surface area contributed by atoms with E-state index in [1.54, 1.807) is 0 Å². The lowest BCUT2D eigenvalue weighted by Gasteiger charge is -2.04. The molecular weight excluding hydrogens is 242 g/mol. The fraction of sp³-hybridized carbons (Fsp3) is 0.200. The molecular formula is C10H11N3O5. The van der Waals surface area contributed by atoms with Crippen molar-refractivity contribution in [3.05, 3.63) is 34.2 Å². The number of H-pyrrole nitrogens is 1. The van der Waals surface area contributed by atoms with Crippen molar-refractivity contribution in [3.63, 3.8) is 0 Å². The molecule has 0 saturated carbocycles. The number of carbonyl (C=O) groups is 3. The molecule has 0 aliphatic heterocycles. The van der Waals surface area contributed by atoms with Crippen LogP contribution >= 0.6 is 0 Å². The summed E-state index contributed by atoms with van der Waals surface area (Å²) in [6, 6.07) is 1.18. The van der Waals surface area contributed by atoms with Gasteiger partial charge in [0.25, 0.3) is 5.91 Å². The van der Waals surface area contributed by atoms with Crippen LogP contribution in [0.4, 0.5) is 0 Å². The second-order valence-corrected chi connectivity index (χ2v) is 3.28. The van der Waals surface area contributed by atoms with E-state index in [1.807, 2.05) is 0 Å². The number of pyridine rings is 1. The van der Waals surface area contributed by atoms with Crippen molar-refractivity contribution >= 4 is 17.8 Å². The lowest BCUT2D eigenvalue weighted by atomic mass is 10.2. The zero-order valence-corrected chi connectivity index (χ0v) is 9.23. The molecule has 0 aliphatic rings. The molecule has 0 bridgehead atoms. The summed E-state index contributed by atoms with van der Waals surface area (Å²) in [5, 5.41) is 12.6. The average Bonchev–Trinajstić information content (AvgIpc) is 2.34. The molecule has 96 valence electrons. The molecule has 0 spiro atoms. The Morgan fingerprint density at radius 1 is 1.22 bits per heavy atom. The summed E-state index contributed by atoms with van der Waals surface area (Å²) >= 11 is 0. The molecule has 0 saturated heterocycles. The number of carboxylic acids is 1. The first-order valence-electron chi connectivity index (χ1n) is 4.94. The van der Waals surface area contributed by atoms with E-state index in [9.17, 15) is 19.2 Å². The number of carboxylic acid groups (broad SMARTS) is 1. The van der Waals surface area contributed by atoms with Crippen LogP contribution in [0.25, 0.3) is 0 Å². The van der Waals surface area contributed by atoms with Crippen LogP contribution in [-0.2, 0) is 9.59 Å². The lowest BCUT2D eigenvalue weighted by molar-refractivity contribution is -0.137. The third-order valence-corrected chi connectivity index (χ3v) is 1.91. The smallest absolute Gasteiger partial charge is 0.322 e. The number of rotatable bonds is 5. The van der Waals surface area contributed by atoms with Crippen LogP contribution < -0.4 is 16.1 Å². The van der Waals surface area contributed by atoms with Gasteiger partial charge in [-0.2, -0.15) is 0 Å². The van der Waals surface area contributed by atoms with Gasteiger partial charge < -0.3 is 20.7 Å². The standard InChI is InChI=1S/C10H11N3O5/c14-7-1-2-11-3-6(7)10(18)13-4-8(15)12-5-9(16)17/h1-3H,4-5H2,(H,11,14)(H,12,15)(H,13,18)(H,16,17). The van der Waals surface area contributed by atoms with Gasteiger partial charge >= 0.3 is 5.97 Å². The van der Waals surface area contributed by atoms with Gasteiger partial charge in [0.05, 0.1) is 6.54 Å². The predicted molar refractivity (Wildman–Crippen MR) is 60.0 cm³/mol. The maximum absolute atomic E-state index is 11.5. The summed E-state index contributed by atoms with van der Waals surface area (Å²) in [6.45, 7) is -0.929. The van der Waals surface area contributed by atoms with E-state index in [4.69, 9.17) is 5.11 Å². The van der Waals surface area contributed by atoms with E-state index in [0.717, 1.165) is 0 Å². The van der Waals surface area contributed by atoms with Gasteiger partial charge in [-0.05, 0) is 0 Å². The topological polar surface area (TPSA) is 128 Å². The first kappa shape index (κ1) is 13.4. The predicted octanol–water partition coefficient (Wildman–Crippen LogP) is -1.69. The van der Waals surface area contributed by atoms with Crippen molar-refractivity contribution in [1.82, 2.24) is 15.6 Å². The molecule has 8 heteroatoms. The van der Waals surface area contributed by atoms with Gasteiger partial charge in [0, 0.05) is 18.5 Å². The fourth-order valence-electron chi connectivity index (χ4n) is 1.09. The molecule has 4 N–H and O–H groups in total. The van der Waals surface area contributed by atoms with Crippen LogP contribution in [0.3, 0.4) is 0 Å². The fourth-order valence-corrected chi connectivity index (χ4v) is 1.09. The van der Waals surface area contributed by atoms with Gasteiger partial charge in [0.15, 0.2) is 5.43 Å². The summed E-state index contributed by atoms with van der Waals surface area (Å²) in [7, 11) is 0. The molecule has 2 amide bonds. The SMILES string of the molecule is O=C(O)CNC(=O)CNC(=O)c1c[nH]ccc1=O. The molecule has 1 aromatic heterocycles. The van der Waals surface area contributed by atoms with Crippen LogP contribution in [0, 0.1) is 0 Å². The Hall–Kier alpha value is -2.64. The van der Waals surface area contributed by atoms with Gasteiger partial charge in [-0.25, -0.2) is 0 Å². The summed E-state index contributed by atoms with van der Waals surface area (Å²) in [5.74, 6) is -2.55. The molecule has 0 atom stereocenters. The first-order chi connectivity index (χ1) is 8.50. The van der Waals surface area contributed by atoms with Crippen LogP contribution in [0.15, 0.2) is 23.3 Å². The van der Waals surface area contributed by atoms with Crippen LogP contribution in [0.2, 0.25) is 0 Å². The third-order valence-electron chi connectivity index (χ3n) is 1.91. The van der Waals surface area contributed by atoms with E-state index in [-0.39, 0.29) is 5.56 Å². The van der Waals surface area contributed by atoms with Crippen molar-refractivity contribution < 1.29 is 19.5 Å². The second-order valence-electron chi connectivity index (χ2n) is 3.28. The lowest BCUT2D eigenvalue weighted by Crippen LogP contribution is -2.40. The van der Waals surface area contributed by atoms with Gasteiger partial charge in [0.2, 0.25) is 5.91 Å². The number of aliphatic carboxylic acids is 1. The average molecular weight is 253 g/mol. The minimum Gasteiger partial charge on any atom is -0.480 e. The minimum atomic E-state index is -1.19. The maximum atomic E-state index is 11.5. The van der Waals surface area contributed by atoms with E-state index < -0.39 is 36.3 Å². The molecule has 0 aliphatic carbocycles. The molecule has 18 heavy (non-hydrogen) atoms. The van der Waals surface area contributed by atoms with Gasteiger partial charge in [0.1, 0.15) is 12.1 Å². The molecule has 1 rings (SSSR count). The van der Waals surface area contributed by atoms with Crippen molar-refractivity contribution in [3.8, 4) is 0 Å². The number of hydrogen-bond donors (Lipinski definition) is 4. The Balaban J connectivity index is 2.47. The van der Waals surface area contributed by atoms with Crippen molar-refractivity contribution in [1.29, 1.82) is 0 Å². The van der Waals surface area contributed by atoms with Crippen molar-refractivity contribution in [2.24, 2.45) is 0 Å². The zero-order chi connectivity index (χ0) is 13.5. The maximum Gasteiger partial charge on any atom is 0.322 e.